The van der Waals surface area contributed by atoms with Gasteiger partial charge in [0.25, 0.3) is 0 Å². The van der Waals surface area contributed by atoms with E-state index >= 15 is 0 Å². The molecule has 0 saturated carbocycles. The van der Waals surface area contributed by atoms with Gasteiger partial charge in [-0.1, -0.05) is 6.07 Å². The lowest BCUT2D eigenvalue weighted by Crippen LogP contribution is -2.12. The molecule has 1 heterocycles. The van der Waals surface area contributed by atoms with E-state index in [-0.39, 0.29) is 11.9 Å². The largest absolute Gasteiger partial charge is 0.323 e. The molecule has 1 unspecified atom stereocenters. The lowest BCUT2D eigenvalue weighted by molar-refractivity contribution is 0.621. The highest BCUT2D eigenvalue weighted by atomic mass is 32.1. The minimum Gasteiger partial charge on any atom is -0.323 e. The van der Waals surface area contributed by atoms with E-state index in [1.54, 1.807) is 6.07 Å². The van der Waals surface area contributed by atoms with Crippen molar-refractivity contribution in [3.63, 3.8) is 0 Å². The Morgan fingerprint density at radius 3 is 2.85 bits per heavy atom. The summed E-state index contributed by atoms with van der Waals surface area (Å²) in [6.07, 6.45) is 5.69. The number of rotatable bonds is 3. The Morgan fingerprint density at radius 1 is 1.25 bits per heavy atom. The summed E-state index contributed by atoms with van der Waals surface area (Å²) in [7, 11) is 0. The number of hydrogen-bond acceptors (Lipinski definition) is 2. The third-order valence-electron chi connectivity index (χ3n) is 4.13. The van der Waals surface area contributed by atoms with Crippen molar-refractivity contribution in [3.8, 4) is 0 Å². The van der Waals surface area contributed by atoms with Crippen molar-refractivity contribution in [1.29, 1.82) is 0 Å². The monoisotopic (exact) mass is 289 g/mol. The first-order valence-corrected chi connectivity index (χ1v) is 8.07. The molecule has 0 amide bonds. The van der Waals surface area contributed by atoms with Crippen LogP contribution in [0.2, 0.25) is 0 Å². The molecule has 3 heteroatoms. The van der Waals surface area contributed by atoms with Gasteiger partial charge in [-0.3, -0.25) is 0 Å². The quantitative estimate of drug-likeness (QED) is 0.895. The van der Waals surface area contributed by atoms with Gasteiger partial charge in [0.2, 0.25) is 0 Å². The van der Waals surface area contributed by atoms with E-state index in [9.17, 15) is 4.39 Å². The van der Waals surface area contributed by atoms with Gasteiger partial charge in [0.15, 0.2) is 0 Å². The van der Waals surface area contributed by atoms with Crippen molar-refractivity contribution in [1.82, 2.24) is 0 Å². The first-order chi connectivity index (χ1) is 9.63. The van der Waals surface area contributed by atoms with Crippen molar-refractivity contribution in [2.24, 2.45) is 5.73 Å². The fourth-order valence-electron chi connectivity index (χ4n) is 2.89. The minimum atomic E-state index is -0.178. The number of benzene rings is 1. The highest BCUT2D eigenvalue weighted by Crippen LogP contribution is 2.33. The second kappa shape index (κ2) is 5.66. The molecule has 0 radical (unpaired) electrons. The normalized spacial score (nSPS) is 15.9. The summed E-state index contributed by atoms with van der Waals surface area (Å²) in [5, 5.41) is 0. The number of halogens is 1. The molecule has 2 aromatic rings. The number of fused-ring (bicyclic) bond motifs is 1. The average molecular weight is 289 g/mol. The summed E-state index contributed by atoms with van der Waals surface area (Å²) < 4.78 is 13.3. The van der Waals surface area contributed by atoms with E-state index in [1.807, 2.05) is 24.3 Å². The van der Waals surface area contributed by atoms with Crippen molar-refractivity contribution in [2.45, 2.75) is 45.1 Å². The van der Waals surface area contributed by atoms with Crippen LogP contribution in [0.15, 0.2) is 24.3 Å². The fraction of sp³-hybridized carbons (Fsp3) is 0.412. The van der Waals surface area contributed by atoms with Crippen LogP contribution < -0.4 is 5.73 Å². The summed E-state index contributed by atoms with van der Waals surface area (Å²) in [5.41, 5.74) is 9.97. The molecule has 0 fully saturated rings. The van der Waals surface area contributed by atoms with Crippen LogP contribution in [0.25, 0.3) is 0 Å². The van der Waals surface area contributed by atoms with Gasteiger partial charge in [0.05, 0.1) is 0 Å². The predicted octanol–water partition coefficient (Wildman–Crippen LogP) is 4.32. The molecule has 0 bridgehead atoms. The van der Waals surface area contributed by atoms with E-state index in [4.69, 9.17) is 5.73 Å². The molecule has 1 atom stereocenters. The van der Waals surface area contributed by atoms with Gasteiger partial charge in [0, 0.05) is 15.8 Å². The molecule has 1 aromatic carbocycles. The van der Waals surface area contributed by atoms with Crippen LogP contribution in [0.3, 0.4) is 0 Å². The Balaban J connectivity index is 1.80. The lowest BCUT2D eigenvalue weighted by Gasteiger charge is -2.12. The molecule has 106 valence electrons. The molecular formula is C17H20FNS. The fourth-order valence-corrected chi connectivity index (χ4v) is 4.15. The second-order valence-electron chi connectivity index (χ2n) is 5.69. The van der Waals surface area contributed by atoms with Gasteiger partial charge in [-0.25, -0.2) is 4.39 Å². The van der Waals surface area contributed by atoms with Crippen LogP contribution in [0.1, 0.15) is 45.3 Å². The van der Waals surface area contributed by atoms with Gasteiger partial charge < -0.3 is 5.73 Å². The molecular weight excluding hydrogens is 269 g/mol. The summed E-state index contributed by atoms with van der Waals surface area (Å²) in [4.78, 5) is 2.76. The molecule has 0 aliphatic heterocycles. The average Bonchev–Trinajstić information content (AvgIpc) is 2.87. The maximum Gasteiger partial charge on any atom is 0.123 e. The Labute approximate surface area is 123 Å². The van der Waals surface area contributed by atoms with Gasteiger partial charge in [-0.15, -0.1) is 11.3 Å². The summed E-state index contributed by atoms with van der Waals surface area (Å²) in [6, 6.07) is 7.21. The highest BCUT2D eigenvalue weighted by Gasteiger charge is 2.17. The zero-order valence-electron chi connectivity index (χ0n) is 11.8. The van der Waals surface area contributed by atoms with E-state index in [2.05, 4.69) is 6.07 Å². The zero-order valence-corrected chi connectivity index (χ0v) is 12.6. The topological polar surface area (TPSA) is 26.0 Å². The third-order valence-corrected chi connectivity index (χ3v) is 5.50. The lowest BCUT2D eigenvalue weighted by atomic mass is 9.97. The van der Waals surface area contributed by atoms with E-state index < -0.39 is 0 Å². The molecule has 1 aromatic heterocycles. The van der Waals surface area contributed by atoms with Crippen molar-refractivity contribution < 1.29 is 4.39 Å². The van der Waals surface area contributed by atoms with Gasteiger partial charge in [-0.2, -0.15) is 0 Å². The highest BCUT2D eigenvalue weighted by molar-refractivity contribution is 7.12. The smallest absolute Gasteiger partial charge is 0.123 e. The minimum absolute atomic E-state index is 0.0221. The molecule has 0 spiro atoms. The Bertz CT molecular complexity index is 594. The maximum absolute atomic E-state index is 13.3. The number of nitrogens with two attached hydrogens (primary N) is 1. The molecule has 1 nitrogen and oxygen atoms in total. The number of aryl methyl sites for hydroxylation is 3. The van der Waals surface area contributed by atoms with Gasteiger partial charge in [-0.05, 0) is 73.9 Å². The van der Waals surface area contributed by atoms with E-state index in [1.165, 1.54) is 47.1 Å². The first-order valence-electron chi connectivity index (χ1n) is 7.25. The number of hydrogen-bond donors (Lipinski definition) is 1. The van der Waals surface area contributed by atoms with Gasteiger partial charge in [0.1, 0.15) is 5.82 Å². The van der Waals surface area contributed by atoms with Crippen LogP contribution in [0, 0.1) is 12.7 Å². The Morgan fingerprint density at radius 2 is 2.05 bits per heavy atom. The van der Waals surface area contributed by atoms with E-state index in [0.29, 0.717) is 6.42 Å². The molecule has 20 heavy (non-hydrogen) atoms. The molecule has 1 aliphatic carbocycles. The van der Waals surface area contributed by atoms with Crippen molar-refractivity contribution in [3.05, 3.63) is 56.5 Å². The summed E-state index contributed by atoms with van der Waals surface area (Å²) in [6.45, 7) is 2.01. The van der Waals surface area contributed by atoms with Crippen molar-refractivity contribution in [2.75, 3.05) is 0 Å². The number of thiophene rings is 1. The Kier molecular flexibility index (Phi) is 3.90. The first kappa shape index (κ1) is 13.8. The molecule has 2 N–H and O–H groups in total. The van der Waals surface area contributed by atoms with Crippen LogP contribution in [-0.2, 0) is 19.3 Å². The Hall–Kier alpha value is -1.19. The maximum atomic E-state index is 13.3. The zero-order chi connectivity index (χ0) is 14.1. The van der Waals surface area contributed by atoms with Crippen LogP contribution in [0.4, 0.5) is 4.39 Å². The molecule has 0 saturated heterocycles. The van der Waals surface area contributed by atoms with Gasteiger partial charge >= 0.3 is 0 Å². The van der Waals surface area contributed by atoms with Crippen LogP contribution in [0.5, 0.6) is 0 Å². The standard InChI is InChI=1S/C17H20FNS/c1-11-6-7-14(18)8-13(11)9-15(19)17-10-12-4-2-3-5-16(12)20-17/h6-8,10,15H,2-5,9,19H2,1H3. The SMILES string of the molecule is Cc1ccc(F)cc1CC(N)c1cc2c(s1)CCCC2. The molecule has 1 aliphatic rings. The summed E-state index contributed by atoms with van der Waals surface area (Å²) >= 11 is 1.85. The predicted molar refractivity (Wildman–Crippen MR) is 82.7 cm³/mol. The van der Waals surface area contributed by atoms with E-state index in [0.717, 1.165) is 11.1 Å². The molecule has 3 rings (SSSR count). The summed E-state index contributed by atoms with van der Waals surface area (Å²) in [5.74, 6) is -0.178. The second-order valence-corrected chi connectivity index (χ2v) is 6.85. The van der Waals surface area contributed by atoms with Crippen LogP contribution >= 0.6 is 11.3 Å². The third kappa shape index (κ3) is 2.79. The van der Waals surface area contributed by atoms with Crippen LogP contribution in [-0.4, -0.2) is 0 Å². The van der Waals surface area contributed by atoms with Crippen molar-refractivity contribution >= 4 is 11.3 Å².